The molecule has 2 rings (SSSR count). The molecule has 0 spiro atoms. The van der Waals surface area contributed by atoms with Crippen molar-refractivity contribution in [2.24, 2.45) is 4.99 Å². The van der Waals surface area contributed by atoms with Gasteiger partial charge in [-0.25, -0.2) is 9.79 Å². The first-order valence-corrected chi connectivity index (χ1v) is 9.79. The van der Waals surface area contributed by atoms with Crippen molar-refractivity contribution in [3.8, 4) is 11.5 Å². The summed E-state index contributed by atoms with van der Waals surface area (Å²) in [6, 6.07) is 3.03. The second kappa shape index (κ2) is 9.66. The highest BCUT2D eigenvalue weighted by Gasteiger charge is 2.33. The van der Waals surface area contributed by atoms with Crippen LogP contribution in [-0.2, 0) is 14.3 Å². The number of carbonyl (C=O) groups is 2. The number of aliphatic hydroxyl groups is 1. The van der Waals surface area contributed by atoms with Gasteiger partial charge in [-0.3, -0.25) is 4.79 Å². The minimum atomic E-state index is -0.766. The number of phenols is 1. The van der Waals surface area contributed by atoms with E-state index in [2.05, 4.69) is 4.99 Å². The molecule has 7 nitrogen and oxygen atoms in total. The van der Waals surface area contributed by atoms with Crippen LogP contribution in [-0.4, -0.2) is 40.3 Å². The molecule has 0 unspecified atom stereocenters. The molecule has 9 heteroatoms. The number of rotatable bonds is 6. The van der Waals surface area contributed by atoms with Crippen molar-refractivity contribution in [1.82, 2.24) is 0 Å². The molecule has 0 bridgehead atoms. The van der Waals surface area contributed by atoms with Crippen LogP contribution >= 0.6 is 23.4 Å². The highest BCUT2D eigenvalue weighted by atomic mass is 35.5. The van der Waals surface area contributed by atoms with Gasteiger partial charge < -0.3 is 19.7 Å². The summed E-state index contributed by atoms with van der Waals surface area (Å²) in [7, 11) is 0. The number of benzene rings is 1. The fourth-order valence-electron chi connectivity index (χ4n) is 2.28. The van der Waals surface area contributed by atoms with Crippen molar-refractivity contribution in [3.05, 3.63) is 39.0 Å². The number of aliphatic hydroxyl groups excluding tert-OH is 1. The van der Waals surface area contributed by atoms with Crippen LogP contribution in [0.15, 0.2) is 33.4 Å². The van der Waals surface area contributed by atoms with Crippen molar-refractivity contribution in [2.75, 3.05) is 13.2 Å². The fourth-order valence-corrected chi connectivity index (χ4v) is 3.53. The average molecular weight is 426 g/mol. The Hall–Kier alpha value is -2.45. The molecule has 0 radical (unpaired) electrons. The molecule has 1 aromatic carbocycles. The van der Waals surface area contributed by atoms with E-state index in [0.29, 0.717) is 12.2 Å². The van der Waals surface area contributed by atoms with Crippen molar-refractivity contribution in [3.63, 3.8) is 0 Å². The van der Waals surface area contributed by atoms with Crippen molar-refractivity contribution in [1.29, 1.82) is 0 Å². The van der Waals surface area contributed by atoms with Crippen LogP contribution in [0.5, 0.6) is 11.5 Å². The highest BCUT2D eigenvalue weighted by molar-refractivity contribution is 8.18. The van der Waals surface area contributed by atoms with Gasteiger partial charge in [0.05, 0.1) is 23.1 Å². The zero-order chi connectivity index (χ0) is 20.8. The lowest BCUT2D eigenvalue weighted by Crippen LogP contribution is -2.14. The van der Waals surface area contributed by atoms with Crippen molar-refractivity contribution >= 4 is 46.4 Å². The first kappa shape index (κ1) is 21.8. The third kappa shape index (κ3) is 4.88. The lowest BCUT2D eigenvalue weighted by atomic mass is 10.1. The Bertz CT molecular complexity index is 891. The summed E-state index contributed by atoms with van der Waals surface area (Å²) >= 11 is 7.00. The van der Waals surface area contributed by atoms with Crippen LogP contribution < -0.4 is 4.74 Å². The number of thioether (sulfide) groups is 1. The van der Waals surface area contributed by atoms with Crippen LogP contribution in [0.25, 0.3) is 6.08 Å². The van der Waals surface area contributed by atoms with Gasteiger partial charge in [0.15, 0.2) is 11.5 Å². The Labute approximate surface area is 171 Å². The normalized spacial score (nSPS) is 16.7. The van der Waals surface area contributed by atoms with Crippen LogP contribution in [0.2, 0.25) is 5.02 Å². The zero-order valence-corrected chi connectivity index (χ0v) is 17.2. The van der Waals surface area contributed by atoms with Crippen molar-refractivity contribution < 1.29 is 29.3 Å². The number of halogens is 1. The summed E-state index contributed by atoms with van der Waals surface area (Å²) in [5.74, 6) is -1.53. The van der Waals surface area contributed by atoms with E-state index in [1.165, 1.54) is 6.07 Å². The van der Waals surface area contributed by atoms with Crippen LogP contribution in [0.4, 0.5) is 0 Å². The van der Waals surface area contributed by atoms with E-state index in [-0.39, 0.29) is 50.8 Å². The smallest absolute Gasteiger partial charge is 0.344 e. The quantitative estimate of drug-likeness (QED) is 0.656. The molecule has 1 aliphatic heterocycles. The fraction of sp³-hybridized carbons (Fsp3) is 0.316. The first-order chi connectivity index (χ1) is 13.3. The van der Waals surface area contributed by atoms with Gasteiger partial charge in [0, 0.05) is 6.42 Å². The molecule has 2 N–H and O–H groups in total. The average Bonchev–Trinajstić information content (AvgIpc) is 2.94. The third-order valence-electron chi connectivity index (χ3n) is 3.55. The highest BCUT2D eigenvalue weighted by Crippen LogP contribution is 2.41. The van der Waals surface area contributed by atoms with E-state index in [1.54, 1.807) is 32.9 Å². The first-order valence-electron chi connectivity index (χ1n) is 8.59. The van der Waals surface area contributed by atoms with Crippen LogP contribution in [0.3, 0.4) is 0 Å². The minimum Gasteiger partial charge on any atom is -0.506 e. The Kier molecular flexibility index (Phi) is 7.53. The number of aromatic hydroxyl groups is 1. The number of nitrogens with zero attached hydrogens (tertiary/aromatic N) is 1. The van der Waals surface area contributed by atoms with Gasteiger partial charge >= 0.3 is 5.97 Å². The molecule has 0 aliphatic carbocycles. The number of aliphatic imine (C=N–C) groups is 1. The van der Waals surface area contributed by atoms with Crippen molar-refractivity contribution in [2.45, 2.75) is 27.2 Å². The lowest BCUT2D eigenvalue weighted by molar-refractivity contribution is -0.138. The van der Waals surface area contributed by atoms with E-state index < -0.39 is 11.9 Å². The number of esters is 1. The van der Waals surface area contributed by atoms with E-state index in [4.69, 9.17) is 21.1 Å². The number of amides is 1. The van der Waals surface area contributed by atoms with Gasteiger partial charge in [-0.15, -0.1) is 0 Å². The molecule has 0 saturated heterocycles. The molecule has 1 aliphatic rings. The second-order valence-corrected chi connectivity index (χ2v) is 6.94. The predicted molar refractivity (Wildman–Crippen MR) is 109 cm³/mol. The van der Waals surface area contributed by atoms with Gasteiger partial charge in [-0.2, -0.15) is 0 Å². The maximum atomic E-state index is 12.2. The summed E-state index contributed by atoms with van der Waals surface area (Å²) in [6.07, 6.45) is 1.71. The minimum absolute atomic E-state index is 0.0731. The molecule has 0 atom stereocenters. The molecule has 150 valence electrons. The van der Waals surface area contributed by atoms with Gasteiger partial charge in [0.25, 0.3) is 0 Å². The Balaban J connectivity index is 2.52. The molecular formula is C19H20ClNO6S. The number of hydrogen-bond acceptors (Lipinski definition) is 7. The largest absolute Gasteiger partial charge is 0.506 e. The van der Waals surface area contributed by atoms with Gasteiger partial charge in [0.1, 0.15) is 16.4 Å². The molecule has 0 fully saturated rings. The van der Waals surface area contributed by atoms with E-state index in [1.807, 2.05) is 0 Å². The maximum absolute atomic E-state index is 12.2. The Morgan fingerprint density at radius 2 is 1.93 bits per heavy atom. The van der Waals surface area contributed by atoms with Crippen LogP contribution in [0, 0.1) is 0 Å². The summed E-state index contributed by atoms with van der Waals surface area (Å²) in [5, 5.41) is 20.6. The third-order valence-corrected chi connectivity index (χ3v) is 4.86. The van der Waals surface area contributed by atoms with Gasteiger partial charge in [-0.1, -0.05) is 30.3 Å². The van der Waals surface area contributed by atoms with E-state index in [0.717, 1.165) is 11.8 Å². The topological polar surface area (TPSA) is 105 Å². The standard InChI is InChI=1S/C19H20ClNO6S/c1-4-14(22)21-18-15(19(25)27-6-3)17(24)13(28-18)9-10-7-11(20)16(23)12(8-10)26-5-2/h7-9,23-24H,4-6H2,1-3H3/b13-9-,21-18?. The molecule has 0 saturated carbocycles. The summed E-state index contributed by atoms with van der Waals surface area (Å²) in [4.78, 5) is 28.1. The van der Waals surface area contributed by atoms with Gasteiger partial charge in [-0.05, 0) is 37.6 Å². The molecular weight excluding hydrogens is 406 g/mol. The molecule has 1 heterocycles. The van der Waals surface area contributed by atoms with Gasteiger partial charge in [0.2, 0.25) is 5.91 Å². The zero-order valence-electron chi connectivity index (χ0n) is 15.6. The van der Waals surface area contributed by atoms with Crippen LogP contribution in [0.1, 0.15) is 32.8 Å². The number of phenolic OH excluding ortho intramolecular Hbond substituents is 1. The number of ether oxygens (including phenoxy) is 2. The summed E-state index contributed by atoms with van der Waals surface area (Å²) < 4.78 is 10.3. The van der Waals surface area contributed by atoms with E-state index >= 15 is 0 Å². The summed E-state index contributed by atoms with van der Waals surface area (Å²) in [6.45, 7) is 5.48. The second-order valence-electron chi connectivity index (χ2n) is 5.50. The molecule has 0 aromatic heterocycles. The Morgan fingerprint density at radius 3 is 2.54 bits per heavy atom. The number of hydrogen-bond donors (Lipinski definition) is 2. The molecule has 1 amide bonds. The monoisotopic (exact) mass is 425 g/mol. The number of carbonyl (C=O) groups excluding carboxylic acids is 2. The molecule has 1 aromatic rings. The van der Waals surface area contributed by atoms with E-state index in [9.17, 15) is 19.8 Å². The predicted octanol–water partition coefficient (Wildman–Crippen LogP) is 4.24. The Morgan fingerprint density at radius 1 is 1.21 bits per heavy atom. The lowest BCUT2D eigenvalue weighted by Gasteiger charge is -2.09. The maximum Gasteiger partial charge on any atom is 0.344 e. The summed E-state index contributed by atoms with van der Waals surface area (Å²) in [5.41, 5.74) is 0.362. The SMILES string of the molecule is CCOC(=O)C1=C(O)/C(=C/c2cc(Cl)c(O)c(OCC)c2)SC1=NC(=O)CC. The molecule has 28 heavy (non-hydrogen) atoms.